The number of hydrogen-bond acceptors (Lipinski definition) is 6. The van der Waals surface area contributed by atoms with Crippen molar-refractivity contribution in [3.8, 4) is 5.75 Å². The number of ether oxygens (including phenoxy) is 1. The maximum atomic E-state index is 11.7. The Hall–Kier alpha value is -2.02. The second-order valence-corrected chi connectivity index (χ2v) is 5.01. The van der Waals surface area contributed by atoms with E-state index in [4.69, 9.17) is 9.15 Å². The molecule has 1 aromatic carbocycles. The summed E-state index contributed by atoms with van der Waals surface area (Å²) in [6.07, 6.45) is 0. The van der Waals surface area contributed by atoms with Crippen molar-refractivity contribution in [2.24, 2.45) is 0 Å². The van der Waals surface area contributed by atoms with Crippen LogP contribution >= 0.6 is 11.8 Å². The summed E-state index contributed by atoms with van der Waals surface area (Å²) in [5.41, 5.74) is 0. The van der Waals surface area contributed by atoms with E-state index in [9.17, 15) is 4.79 Å². The van der Waals surface area contributed by atoms with Gasteiger partial charge in [0.25, 0.3) is 0 Å². The van der Waals surface area contributed by atoms with Crippen molar-refractivity contribution >= 4 is 17.7 Å². The van der Waals surface area contributed by atoms with Crippen LogP contribution in [0.25, 0.3) is 0 Å². The predicted octanol–water partition coefficient (Wildman–Crippen LogP) is 1.80. The molecule has 0 aliphatic heterocycles. The van der Waals surface area contributed by atoms with Crippen LogP contribution in [0.3, 0.4) is 0 Å². The van der Waals surface area contributed by atoms with Crippen molar-refractivity contribution in [2.75, 3.05) is 12.9 Å². The molecule has 0 aliphatic carbocycles. The summed E-state index contributed by atoms with van der Waals surface area (Å²) in [5.74, 6) is 1.90. The maximum Gasteiger partial charge on any atom is 0.235 e. The fourth-order valence-electron chi connectivity index (χ4n) is 1.47. The standard InChI is InChI=1S/C13H15N3O3S/c1-9-15-16-13(19-9)7-14-12(17)8-20-11-5-3-4-10(6-11)18-2/h3-6H,7-8H2,1-2H3,(H,14,17). The monoisotopic (exact) mass is 293 g/mol. The number of methoxy groups -OCH3 is 1. The molecule has 2 rings (SSSR count). The number of amides is 1. The number of benzene rings is 1. The lowest BCUT2D eigenvalue weighted by atomic mass is 10.3. The smallest absolute Gasteiger partial charge is 0.235 e. The van der Waals surface area contributed by atoms with Gasteiger partial charge >= 0.3 is 0 Å². The van der Waals surface area contributed by atoms with E-state index in [0.29, 0.717) is 17.5 Å². The Kier molecular flexibility index (Phi) is 5.00. The van der Waals surface area contributed by atoms with Gasteiger partial charge in [0.1, 0.15) is 5.75 Å². The number of thioether (sulfide) groups is 1. The van der Waals surface area contributed by atoms with Crippen LogP contribution in [0.5, 0.6) is 5.75 Å². The predicted molar refractivity (Wildman–Crippen MR) is 74.6 cm³/mol. The van der Waals surface area contributed by atoms with Gasteiger partial charge in [0.2, 0.25) is 17.7 Å². The number of aryl methyl sites for hydroxylation is 1. The molecule has 1 aromatic heterocycles. The molecule has 1 amide bonds. The average Bonchev–Trinajstić information content (AvgIpc) is 2.89. The van der Waals surface area contributed by atoms with Gasteiger partial charge in [-0.25, -0.2) is 0 Å². The second kappa shape index (κ2) is 6.95. The Labute approximate surface area is 120 Å². The minimum atomic E-state index is -0.0892. The first-order chi connectivity index (χ1) is 9.67. The molecule has 0 bridgehead atoms. The molecule has 0 atom stereocenters. The molecule has 0 unspecified atom stereocenters. The average molecular weight is 293 g/mol. The highest BCUT2D eigenvalue weighted by molar-refractivity contribution is 8.00. The molecule has 20 heavy (non-hydrogen) atoms. The van der Waals surface area contributed by atoms with Crippen LogP contribution in [0, 0.1) is 6.92 Å². The summed E-state index contributed by atoms with van der Waals surface area (Å²) < 4.78 is 10.3. The second-order valence-electron chi connectivity index (χ2n) is 3.96. The highest BCUT2D eigenvalue weighted by atomic mass is 32.2. The number of rotatable bonds is 6. The van der Waals surface area contributed by atoms with Crippen LogP contribution < -0.4 is 10.1 Å². The van der Waals surface area contributed by atoms with Gasteiger partial charge in [-0.3, -0.25) is 4.79 Å². The zero-order valence-corrected chi connectivity index (χ0v) is 12.1. The number of nitrogens with one attached hydrogen (secondary N) is 1. The molecule has 1 N–H and O–H groups in total. The van der Waals surface area contributed by atoms with E-state index in [1.54, 1.807) is 14.0 Å². The van der Waals surface area contributed by atoms with Gasteiger partial charge in [-0.05, 0) is 18.2 Å². The topological polar surface area (TPSA) is 77.2 Å². The lowest BCUT2D eigenvalue weighted by Crippen LogP contribution is -2.24. The molecule has 2 aromatic rings. The van der Waals surface area contributed by atoms with Crippen molar-refractivity contribution in [1.82, 2.24) is 15.5 Å². The van der Waals surface area contributed by atoms with Gasteiger partial charge in [-0.2, -0.15) is 0 Å². The van der Waals surface area contributed by atoms with Crippen LogP contribution in [0.2, 0.25) is 0 Å². The lowest BCUT2D eigenvalue weighted by molar-refractivity contribution is -0.118. The Balaban J connectivity index is 1.77. The number of carbonyl (C=O) groups is 1. The van der Waals surface area contributed by atoms with Gasteiger partial charge in [-0.15, -0.1) is 22.0 Å². The number of aromatic nitrogens is 2. The minimum Gasteiger partial charge on any atom is -0.497 e. The SMILES string of the molecule is COc1cccc(SCC(=O)NCc2nnc(C)o2)c1. The molecule has 0 aliphatic rings. The summed E-state index contributed by atoms with van der Waals surface area (Å²) in [4.78, 5) is 12.7. The van der Waals surface area contributed by atoms with Crippen molar-refractivity contribution < 1.29 is 13.9 Å². The van der Waals surface area contributed by atoms with E-state index in [1.165, 1.54) is 11.8 Å². The molecule has 7 heteroatoms. The Morgan fingerprint density at radius 3 is 3.00 bits per heavy atom. The van der Waals surface area contributed by atoms with Crippen LogP contribution in [0.15, 0.2) is 33.6 Å². The summed E-state index contributed by atoms with van der Waals surface area (Å²) >= 11 is 1.44. The van der Waals surface area contributed by atoms with Gasteiger partial charge < -0.3 is 14.5 Å². The van der Waals surface area contributed by atoms with E-state index in [2.05, 4.69) is 15.5 Å². The van der Waals surface area contributed by atoms with E-state index in [0.717, 1.165) is 10.6 Å². The third-order valence-electron chi connectivity index (χ3n) is 2.42. The van der Waals surface area contributed by atoms with Gasteiger partial charge in [0.05, 0.1) is 19.4 Å². The fourth-order valence-corrected chi connectivity index (χ4v) is 2.25. The normalized spacial score (nSPS) is 10.3. The molecule has 0 radical (unpaired) electrons. The van der Waals surface area contributed by atoms with E-state index in [1.807, 2.05) is 24.3 Å². The number of nitrogens with zero attached hydrogens (tertiary/aromatic N) is 2. The van der Waals surface area contributed by atoms with Crippen molar-refractivity contribution in [1.29, 1.82) is 0 Å². The highest BCUT2D eigenvalue weighted by Gasteiger charge is 2.06. The molecule has 0 spiro atoms. The highest BCUT2D eigenvalue weighted by Crippen LogP contribution is 2.22. The summed E-state index contributed by atoms with van der Waals surface area (Å²) in [6, 6.07) is 7.57. The third-order valence-corrected chi connectivity index (χ3v) is 3.41. The third kappa shape index (κ3) is 4.27. The van der Waals surface area contributed by atoms with Gasteiger partial charge in [-0.1, -0.05) is 6.07 Å². The first kappa shape index (κ1) is 14.4. The quantitative estimate of drug-likeness (QED) is 0.818. The lowest BCUT2D eigenvalue weighted by Gasteiger charge is -2.04. The molecule has 0 saturated heterocycles. The summed E-state index contributed by atoms with van der Waals surface area (Å²) in [6.45, 7) is 1.95. The van der Waals surface area contributed by atoms with Crippen LogP contribution in [0.1, 0.15) is 11.8 Å². The molecule has 106 valence electrons. The molecular weight excluding hydrogens is 278 g/mol. The van der Waals surface area contributed by atoms with Crippen molar-refractivity contribution in [3.63, 3.8) is 0 Å². The fraction of sp³-hybridized carbons (Fsp3) is 0.308. The van der Waals surface area contributed by atoms with Gasteiger partial charge in [0.15, 0.2) is 0 Å². The maximum absolute atomic E-state index is 11.7. The summed E-state index contributed by atoms with van der Waals surface area (Å²) in [5, 5.41) is 10.2. The molecule has 6 nitrogen and oxygen atoms in total. The van der Waals surface area contributed by atoms with Crippen LogP contribution in [-0.4, -0.2) is 29.0 Å². The Morgan fingerprint density at radius 1 is 1.45 bits per heavy atom. The minimum absolute atomic E-state index is 0.0892. The van der Waals surface area contributed by atoms with Crippen LogP contribution in [-0.2, 0) is 11.3 Å². The molecule has 0 fully saturated rings. The Bertz CT molecular complexity index is 586. The first-order valence-electron chi connectivity index (χ1n) is 6.00. The van der Waals surface area contributed by atoms with Crippen LogP contribution in [0.4, 0.5) is 0 Å². The summed E-state index contributed by atoms with van der Waals surface area (Å²) in [7, 11) is 1.61. The molecule has 1 heterocycles. The van der Waals surface area contributed by atoms with Gasteiger partial charge in [0, 0.05) is 11.8 Å². The largest absolute Gasteiger partial charge is 0.497 e. The van der Waals surface area contributed by atoms with E-state index in [-0.39, 0.29) is 12.5 Å². The number of hydrogen-bond donors (Lipinski definition) is 1. The van der Waals surface area contributed by atoms with Crippen molar-refractivity contribution in [2.45, 2.75) is 18.4 Å². The Morgan fingerprint density at radius 2 is 2.30 bits per heavy atom. The van der Waals surface area contributed by atoms with Crippen molar-refractivity contribution in [3.05, 3.63) is 36.0 Å². The number of carbonyl (C=O) groups excluding carboxylic acids is 1. The van der Waals surface area contributed by atoms with E-state index < -0.39 is 0 Å². The first-order valence-corrected chi connectivity index (χ1v) is 6.98. The molecule has 0 saturated carbocycles. The zero-order valence-electron chi connectivity index (χ0n) is 11.3. The molecular formula is C13H15N3O3S. The zero-order chi connectivity index (χ0) is 14.4. The van der Waals surface area contributed by atoms with E-state index >= 15 is 0 Å².